The number of hydrogen-bond acceptors (Lipinski definition) is 4. The Morgan fingerprint density at radius 2 is 1.75 bits per heavy atom. The van der Waals surface area contributed by atoms with Gasteiger partial charge in [0.2, 0.25) is 5.89 Å². The molecule has 1 amide bonds. The number of benzene rings is 1. The van der Waals surface area contributed by atoms with Crippen LogP contribution in [0.15, 0.2) is 28.7 Å². The molecule has 3 rings (SSSR count). The number of carbonyl (C=O) groups is 1. The highest BCUT2D eigenvalue weighted by atomic mass is 35.5. The molecule has 128 valence electrons. The number of halogens is 1. The van der Waals surface area contributed by atoms with E-state index in [9.17, 15) is 4.79 Å². The van der Waals surface area contributed by atoms with E-state index in [-0.39, 0.29) is 17.8 Å². The topological polar surface area (TPSA) is 68.0 Å². The monoisotopic (exact) mass is 347 g/mol. The normalized spacial score (nSPS) is 16.4. The Balaban J connectivity index is 1.57. The van der Waals surface area contributed by atoms with Gasteiger partial charge in [-0.2, -0.15) is 0 Å². The Hall–Kier alpha value is -1.88. The molecule has 1 aliphatic rings. The van der Waals surface area contributed by atoms with Crippen LogP contribution in [0.1, 0.15) is 67.1 Å². The molecule has 1 aliphatic carbocycles. The minimum atomic E-state index is -0.268. The summed E-state index contributed by atoms with van der Waals surface area (Å²) in [5.74, 6) is 0.205. The first-order chi connectivity index (χ1) is 11.7. The van der Waals surface area contributed by atoms with Gasteiger partial charge < -0.3 is 9.73 Å². The van der Waals surface area contributed by atoms with E-state index in [2.05, 4.69) is 15.5 Å². The molecule has 0 bridgehead atoms. The van der Waals surface area contributed by atoms with E-state index in [1.807, 2.05) is 24.3 Å². The Labute approximate surface area is 146 Å². The van der Waals surface area contributed by atoms with Gasteiger partial charge in [0.1, 0.15) is 0 Å². The first kappa shape index (κ1) is 17.0. The van der Waals surface area contributed by atoms with Gasteiger partial charge in [-0.3, -0.25) is 4.79 Å². The summed E-state index contributed by atoms with van der Waals surface area (Å²) in [6.07, 6.45) is 8.66. The van der Waals surface area contributed by atoms with Crippen LogP contribution in [0.3, 0.4) is 0 Å². The van der Waals surface area contributed by atoms with Crippen molar-refractivity contribution in [1.82, 2.24) is 15.5 Å². The van der Waals surface area contributed by atoms with Gasteiger partial charge in [-0.05, 0) is 30.5 Å². The van der Waals surface area contributed by atoms with Gasteiger partial charge in [-0.1, -0.05) is 55.8 Å². The second-order valence-electron chi connectivity index (χ2n) is 6.32. The number of hydrogen-bond donors (Lipinski definition) is 1. The molecular formula is C18H22ClN3O2. The van der Waals surface area contributed by atoms with Gasteiger partial charge in [0.25, 0.3) is 0 Å². The average molecular weight is 348 g/mol. The SMILES string of the molecule is O=C(NC1CCCCCCC1)c1nnc(Cc2ccc(Cl)cc2)o1. The van der Waals surface area contributed by atoms with Gasteiger partial charge in [-0.15, -0.1) is 10.2 Å². The summed E-state index contributed by atoms with van der Waals surface area (Å²) in [6, 6.07) is 7.65. The smallest absolute Gasteiger partial charge is 0.309 e. The summed E-state index contributed by atoms with van der Waals surface area (Å²) in [6.45, 7) is 0. The van der Waals surface area contributed by atoms with Gasteiger partial charge in [0, 0.05) is 11.1 Å². The van der Waals surface area contributed by atoms with E-state index < -0.39 is 0 Å². The van der Waals surface area contributed by atoms with Crippen LogP contribution in [0.25, 0.3) is 0 Å². The third-order valence-corrected chi connectivity index (χ3v) is 4.62. The third kappa shape index (κ3) is 4.81. The molecule has 0 unspecified atom stereocenters. The predicted octanol–water partition coefficient (Wildman–Crippen LogP) is 4.16. The van der Waals surface area contributed by atoms with Crippen LogP contribution in [0.2, 0.25) is 5.02 Å². The number of rotatable bonds is 4. The van der Waals surface area contributed by atoms with Crippen LogP contribution in [0, 0.1) is 0 Å². The Morgan fingerprint density at radius 1 is 1.08 bits per heavy atom. The highest BCUT2D eigenvalue weighted by molar-refractivity contribution is 6.30. The second-order valence-corrected chi connectivity index (χ2v) is 6.76. The van der Waals surface area contributed by atoms with E-state index >= 15 is 0 Å². The minimum absolute atomic E-state index is 0.0426. The van der Waals surface area contributed by atoms with Gasteiger partial charge in [0.15, 0.2) is 0 Å². The quantitative estimate of drug-likeness (QED) is 0.901. The van der Waals surface area contributed by atoms with Crippen molar-refractivity contribution in [2.75, 3.05) is 0 Å². The lowest BCUT2D eigenvalue weighted by atomic mass is 9.97. The summed E-state index contributed by atoms with van der Waals surface area (Å²) in [5, 5.41) is 11.6. The van der Waals surface area contributed by atoms with Crippen LogP contribution < -0.4 is 5.32 Å². The zero-order chi connectivity index (χ0) is 16.8. The first-order valence-electron chi connectivity index (χ1n) is 8.58. The zero-order valence-electron chi connectivity index (χ0n) is 13.6. The standard InChI is InChI=1S/C18H22ClN3O2/c19-14-10-8-13(9-11-14)12-16-21-22-18(24-16)17(23)20-15-6-4-2-1-3-5-7-15/h8-11,15H,1-7,12H2,(H,20,23). The highest BCUT2D eigenvalue weighted by Crippen LogP contribution is 2.18. The summed E-state index contributed by atoms with van der Waals surface area (Å²) in [4.78, 5) is 12.3. The van der Waals surface area contributed by atoms with E-state index in [0.717, 1.165) is 31.2 Å². The van der Waals surface area contributed by atoms with Crippen molar-refractivity contribution < 1.29 is 9.21 Å². The fraction of sp³-hybridized carbons (Fsp3) is 0.500. The van der Waals surface area contributed by atoms with Crippen molar-refractivity contribution >= 4 is 17.5 Å². The molecule has 0 saturated heterocycles. The molecule has 1 aromatic heterocycles. The molecule has 1 heterocycles. The van der Waals surface area contributed by atoms with Crippen LogP contribution in [-0.4, -0.2) is 22.1 Å². The Kier molecular flexibility index (Phi) is 5.86. The fourth-order valence-corrected chi connectivity index (χ4v) is 3.17. The van der Waals surface area contributed by atoms with E-state index in [1.54, 1.807) is 0 Å². The van der Waals surface area contributed by atoms with Crippen molar-refractivity contribution in [3.63, 3.8) is 0 Å². The van der Waals surface area contributed by atoms with Crippen molar-refractivity contribution in [2.24, 2.45) is 0 Å². The molecule has 1 aromatic carbocycles. The number of amides is 1. The maximum Gasteiger partial charge on any atom is 0.309 e. The first-order valence-corrected chi connectivity index (χ1v) is 8.96. The fourth-order valence-electron chi connectivity index (χ4n) is 3.04. The maximum absolute atomic E-state index is 12.3. The molecule has 0 radical (unpaired) electrons. The molecule has 1 fully saturated rings. The number of nitrogens with zero attached hydrogens (tertiary/aromatic N) is 2. The summed E-state index contributed by atoms with van der Waals surface area (Å²) >= 11 is 5.87. The zero-order valence-corrected chi connectivity index (χ0v) is 14.4. The lowest BCUT2D eigenvalue weighted by molar-refractivity contribution is 0.0893. The van der Waals surface area contributed by atoms with Crippen LogP contribution in [0.5, 0.6) is 0 Å². The predicted molar refractivity (Wildman–Crippen MR) is 92.1 cm³/mol. The molecule has 0 spiro atoms. The van der Waals surface area contributed by atoms with Crippen molar-refractivity contribution in [3.8, 4) is 0 Å². The molecule has 0 aliphatic heterocycles. The Bertz CT molecular complexity index is 661. The van der Waals surface area contributed by atoms with Crippen molar-refractivity contribution in [2.45, 2.75) is 57.4 Å². The molecular weight excluding hydrogens is 326 g/mol. The summed E-state index contributed by atoms with van der Waals surface area (Å²) in [7, 11) is 0. The van der Waals surface area contributed by atoms with Crippen molar-refractivity contribution in [3.05, 3.63) is 46.6 Å². The molecule has 5 nitrogen and oxygen atoms in total. The average Bonchev–Trinajstić information content (AvgIpc) is 3.01. The number of nitrogens with one attached hydrogen (secondary N) is 1. The maximum atomic E-state index is 12.3. The molecule has 2 aromatic rings. The molecule has 1 saturated carbocycles. The summed E-state index contributed by atoms with van der Waals surface area (Å²) in [5.41, 5.74) is 1.01. The van der Waals surface area contributed by atoms with Crippen LogP contribution in [0.4, 0.5) is 0 Å². The van der Waals surface area contributed by atoms with Crippen molar-refractivity contribution in [1.29, 1.82) is 0 Å². The third-order valence-electron chi connectivity index (χ3n) is 4.37. The van der Waals surface area contributed by atoms with E-state index in [1.165, 1.54) is 19.3 Å². The molecule has 6 heteroatoms. The Morgan fingerprint density at radius 3 is 2.46 bits per heavy atom. The molecule has 24 heavy (non-hydrogen) atoms. The van der Waals surface area contributed by atoms with Crippen LogP contribution >= 0.6 is 11.6 Å². The van der Waals surface area contributed by atoms with Gasteiger partial charge >= 0.3 is 11.8 Å². The van der Waals surface area contributed by atoms with Crippen LogP contribution in [-0.2, 0) is 6.42 Å². The minimum Gasteiger partial charge on any atom is -0.417 e. The number of carbonyl (C=O) groups excluding carboxylic acids is 1. The van der Waals surface area contributed by atoms with Gasteiger partial charge in [-0.25, -0.2) is 0 Å². The lowest BCUT2D eigenvalue weighted by Gasteiger charge is -2.19. The van der Waals surface area contributed by atoms with Gasteiger partial charge in [0.05, 0.1) is 6.42 Å². The molecule has 1 N–H and O–H groups in total. The second kappa shape index (κ2) is 8.29. The lowest BCUT2D eigenvalue weighted by Crippen LogP contribution is -2.35. The van der Waals surface area contributed by atoms with E-state index in [4.69, 9.17) is 16.0 Å². The number of aromatic nitrogens is 2. The molecule has 0 atom stereocenters. The summed E-state index contributed by atoms with van der Waals surface area (Å²) < 4.78 is 5.51. The highest BCUT2D eigenvalue weighted by Gasteiger charge is 2.19. The van der Waals surface area contributed by atoms with E-state index in [0.29, 0.717) is 17.3 Å². The largest absolute Gasteiger partial charge is 0.417 e.